The summed E-state index contributed by atoms with van der Waals surface area (Å²) in [6.07, 6.45) is 2.08. The smallest absolute Gasteiger partial charge is 0.229 e. The molecule has 5 rings (SSSR count). The molecule has 0 aliphatic carbocycles. The van der Waals surface area contributed by atoms with E-state index in [1.165, 1.54) is 0 Å². The van der Waals surface area contributed by atoms with E-state index in [2.05, 4.69) is 33.9 Å². The summed E-state index contributed by atoms with van der Waals surface area (Å²) < 4.78 is 11.5. The molecule has 9 nitrogen and oxygen atoms in total. The van der Waals surface area contributed by atoms with Gasteiger partial charge < -0.3 is 24.6 Å². The Morgan fingerprint density at radius 2 is 1.66 bits per heavy atom. The summed E-state index contributed by atoms with van der Waals surface area (Å²) >= 11 is 0. The van der Waals surface area contributed by atoms with E-state index in [9.17, 15) is 0 Å². The van der Waals surface area contributed by atoms with Crippen molar-refractivity contribution in [3.63, 3.8) is 0 Å². The molecule has 3 aromatic rings. The number of anilines is 4. The van der Waals surface area contributed by atoms with Gasteiger partial charge in [0.25, 0.3) is 0 Å². The van der Waals surface area contributed by atoms with Crippen LogP contribution in [0.25, 0.3) is 11.0 Å². The molecule has 2 aliphatic heterocycles. The Labute approximate surface area is 187 Å². The normalized spacial score (nSPS) is 21.7. The van der Waals surface area contributed by atoms with Crippen molar-refractivity contribution >= 4 is 34.4 Å². The van der Waals surface area contributed by atoms with E-state index in [0.29, 0.717) is 30.6 Å². The first-order valence-corrected chi connectivity index (χ1v) is 11.2. The highest BCUT2D eigenvalue weighted by Crippen LogP contribution is 2.29. The second kappa shape index (κ2) is 8.84. The van der Waals surface area contributed by atoms with Crippen molar-refractivity contribution in [1.82, 2.24) is 19.9 Å². The molecule has 0 saturated carbocycles. The Morgan fingerprint density at radius 1 is 0.906 bits per heavy atom. The maximum Gasteiger partial charge on any atom is 0.229 e. The summed E-state index contributed by atoms with van der Waals surface area (Å²) in [7, 11) is 0. The first kappa shape index (κ1) is 20.8. The molecule has 5 heterocycles. The van der Waals surface area contributed by atoms with Gasteiger partial charge >= 0.3 is 0 Å². The highest BCUT2D eigenvalue weighted by Gasteiger charge is 2.26. The number of hydrogen-bond acceptors (Lipinski definition) is 9. The fourth-order valence-electron chi connectivity index (χ4n) is 4.22. The predicted molar refractivity (Wildman–Crippen MR) is 125 cm³/mol. The number of aryl methyl sites for hydroxylation is 1. The molecule has 2 aliphatic rings. The Morgan fingerprint density at radius 3 is 2.38 bits per heavy atom. The Bertz CT molecular complexity index is 1080. The highest BCUT2D eigenvalue weighted by molar-refractivity contribution is 5.89. The van der Waals surface area contributed by atoms with E-state index in [1.54, 1.807) is 0 Å². The molecule has 2 atom stereocenters. The molecule has 168 valence electrons. The first-order chi connectivity index (χ1) is 15.5. The standard InChI is InChI=1S/C23H29N7O2/c1-15-4-6-19(24-12-15)25-20-7-5-18-21(26-20)27-23(30-13-16(2)32-17(3)14-30)28-22(18)29-8-10-31-11-9-29/h4-7,12,16-17H,8-11,13-14H2,1-3H3,(H,24,25,26,27,28). The van der Waals surface area contributed by atoms with E-state index < -0.39 is 0 Å². The van der Waals surface area contributed by atoms with E-state index in [4.69, 9.17) is 24.4 Å². The Kier molecular flexibility index (Phi) is 5.75. The average molecular weight is 436 g/mol. The number of ether oxygens (including phenoxy) is 2. The van der Waals surface area contributed by atoms with E-state index in [-0.39, 0.29) is 12.2 Å². The Hall–Kier alpha value is -3.04. The number of nitrogens with zero attached hydrogens (tertiary/aromatic N) is 6. The fourth-order valence-corrected chi connectivity index (χ4v) is 4.22. The molecule has 2 saturated heterocycles. The molecule has 2 unspecified atom stereocenters. The zero-order valence-corrected chi connectivity index (χ0v) is 18.8. The molecule has 0 spiro atoms. The van der Waals surface area contributed by atoms with Crippen LogP contribution in [0.3, 0.4) is 0 Å². The lowest BCUT2D eigenvalue weighted by Gasteiger charge is -2.36. The summed E-state index contributed by atoms with van der Waals surface area (Å²) in [5.41, 5.74) is 1.78. The number of rotatable bonds is 4. The zero-order chi connectivity index (χ0) is 22.1. The molecular weight excluding hydrogens is 406 g/mol. The van der Waals surface area contributed by atoms with Crippen LogP contribution in [0.2, 0.25) is 0 Å². The number of pyridine rings is 2. The maximum absolute atomic E-state index is 5.91. The van der Waals surface area contributed by atoms with Gasteiger partial charge in [-0.15, -0.1) is 0 Å². The lowest BCUT2D eigenvalue weighted by Crippen LogP contribution is -2.46. The van der Waals surface area contributed by atoms with Gasteiger partial charge in [0.1, 0.15) is 17.5 Å². The van der Waals surface area contributed by atoms with Gasteiger partial charge in [-0.3, -0.25) is 0 Å². The number of nitrogens with one attached hydrogen (secondary N) is 1. The summed E-state index contributed by atoms with van der Waals surface area (Å²) in [5, 5.41) is 4.22. The molecule has 1 N–H and O–H groups in total. The van der Waals surface area contributed by atoms with Gasteiger partial charge in [-0.05, 0) is 44.5 Å². The molecule has 32 heavy (non-hydrogen) atoms. The minimum atomic E-state index is 0.124. The monoisotopic (exact) mass is 435 g/mol. The molecule has 2 fully saturated rings. The van der Waals surface area contributed by atoms with Gasteiger partial charge in [0.15, 0.2) is 5.65 Å². The Balaban J connectivity index is 1.54. The van der Waals surface area contributed by atoms with Crippen LogP contribution >= 0.6 is 0 Å². The predicted octanol–water partition coefficient (Wildman–Crippen LogP) is 2.92. The fraction of sp³-hybridized carbons (Fsp3) is 0.478. The number of fused-ring (bicyclic) bond motifs is 1. The van der Waals surface area contributed by atoms with E-state index in [0.717, 1.165) is 48.8 Å². The highest BCUT2D eigenvalue weighted by atomic mass is 16.5. The average Bonchev–Trinajstić information content (AvgIpc) is 2.79. The second-order valence-corrected chi connectivity index (χ2v) is 8.52. The van der Waals surface area contributed by atoms with Gasteiger partial charge in [-0.25, -0.2) is 9.97 Å². The number of hydrogen-bond donors (Lipinski definition) is 1. The quantitative estimate of drug-likeness (QED) is 0.664. The van der Waals surface area contributed by atoms with Gasteiger partial charge in [0, 0.05) is 32.4 Å². The van der Waals surface area contributed by atoms with Crippen molar-refractivity contribution in [1.29, 1.82) is 0 Å². The SMILES string of the molecule is Cc1ccc(Nc2ccc3c(N4CCOCC4)nc(N4CC(C)OC(C)C4)nc3n2)nc1. The van der Waals surface area contributed by atoms with Crippen molar-refractivity contribution in [2.45, 2.75) is 33.0 Å². The summed E-state index contributed by atoms with van der Waals surface area (Å²) in [5.74, 6) is 3.06. The molecule has 0 radical (unpaired) electrons. The molecule has 9 heteroatoms. The van der Waals surface area contributed by atoms with Crippen molar-refractivity contribution in [2.24, 2.45) is 0 Å². The molecule has 0 amide bonds. The summed E-state index contributed by atoms with van der Waals surface area (Å²) in [6.45, 7) is 10.7. The zero-order valence-electron chi connectivity index (χ0n) is 18.8. The lowest BCUT2D eigenvalue weighted by molar-refractivity contribution is -0.00570. The second-order valence-electron chi connectivity index (χ2n) is 8.52. The van der Waals surface area contributed by atoms with Crippen molar-refractivity contribution in [2.75, 3.05) is 54.5 Å². The van der Waals surface area contributed by atoms with Crippen LogP contribution in [-0.4, -0.2) is 71.5 Å². The topological polar surface area (TPSA) is 88.5 Å². The lowest BCUT2D eigenvalue weighted by atomic mass is 10.2. The third-order valence-electron chi connectivity index (χ3n) is 5.71. The van der Waals surface area contributed by atoms with Gasteiger partial charge in [-0.2, -0.15) is 9.97 Å². The van der Waals surface area contributed by atoms with Crippen LogP contribution in [0.1, 0.15) is 19.4 Å². The van der Waals surface area contributed by atoms with Crippen LogP contribution in [0.4, 0.5) is 23.4 Å². The minimum absolute atomic E-state index is 0.124. The summed E-state index contributed by atoms with van der Waals surface area (Å²) in [6, 6.07) is 7.96. The third kappa shape index (κ3) is 4.44. The van der Waals surface area contributed by atoms with Gasteiger partial charge in [0.2, 0.25) is 5.95 Å². The molecular formula is C23H29N7O2. The number of aromatic nitrogens is 4. The molecule has 0 bridgehead atoms. The number of morpholine rings is 2. The van der Waals surface area contributed by atoms with Crippen molar-refractivity contribution in [3.8, 4) is 0 Å². The van der Waals surface area contributed by atoms with Crippen LogP contribution in [0, 0.1) is 6.92 Å². The van der Waals surface area contributed by atoms with Crippen molar-refractivity contribution in [3.05, 3.63) is 36.0 Å². The first-order valence-electron chi connectivity index (χ1n) is 11.2. The van der Waals surface area contributed by atoms with Gasteiger partial charge in [0.05, 0.1) is 30.8 Å². The van der Waals surface area contributed by atoms with Crippen LogP contribution in [-0.2, 0) is 9.47 Å². The molecule has 3 aromatic heterocycles. The van der Waals surface area contributed by atoms with E-state index >= 15 is 0 Å². The van der Waals surface area contributed by atoms with Crippen LogP contribution < -0.4 is 15.1 Å². The van der Waals surface area contributed by atoms with Crippen LogP contribution in [0.15, 0.2) is 30.5 Å². The summed E-state index contributed by atoms with van der Waals surface area (Å²) in [4.78, 5) is 23.6. The molecule has 0 aromatic carbocycles. The minimum Gasteiger partial charge on any atom is -0.378 e. The van der Waals surface area contributed by atoms with E-state index in [1.807, 2.05) is 37.4 Å². The third-order valence-corrected chi connectivity index (χ3v) is 5.71. The largest absolute Gasteiger partial charge is 0.378 e. The van der Waals surface area contributed by atoms with Crippen LogP contribution in [0.5, 0.6) is 0 Å². The van der Waals surface area contributed by atoms with Gasteiger partial charge in [-0.1, -0.05) is 6.07 Å². The maximum atomic E-state index is 5.91. The van der Waals surface area contributed by atoms with Crippen molar-refractivity contribution < 1.29 is 9.47 Å².